The third-order valence-electron chi connectivity index (χ3n) is 4.61. The molecule has 0 saturated carbocycles. The van der Waals surface area contributed by atoms with E-state index in [-0.39, 0.29) is 30.9 Å². The van der Waals surface area contributed by atoms with Crippen LogP contribution in [0, 0.1) is 0 Å². The van der Waals surface area contributed by atoms with Gasteiger partial charge in [-0.1, -0.05) is 30.3 Å². The molecular formula is C21H24N4O4. The molecule has 1 heterocycles. The first-order valence-corrected chi connectivity index (χ1v) is 9.33. The molecule has 8 nitrogen and oxygen atoms in total. The van der Waals surface area contributed by atoms with E-state index in [1.807, 2.05) is 42.5 Å². The highest BCUT2D eigenvalue weighted by Gasteiger charge is 2.28. The number of hydrogen-bond acceptors (Lipinski definition) is 4. The van der Waals surface area contributed by atoms with Gasteiger partial charge in [0.1, 0.15) is 12.3 Å². The molecule has 152 valence electrons. The van der Waals surface area contributed by atoms with Gasteiger partial charge in [-0.2, -0.15) is 0 Å². The van der Waals surface area contributed by atoms with E-state index < -0.39 is 0 Å². The summed E-state index contributed by atoms with van der Waals surface area (Å²) in [4.78, 5) is 39.8. The Morgan fingerprint density at radius 2 is 1.76 bits per heavy atom. The third kappa shape index (κ3) is 5.71. The molecule has 1 saturated heterocycles. The number of carbonyl (C=O) groups is 3. The lowest BCUT2D eigenvalue weighted by molar-refractivity contribution is -0.139. The third-order valence-corrected chi connectivity index (χ3v) is 4.61. The van der Waals surface area contributed by atoms with Gasteiger partial charge < -0.3 is 25.2 Å². The van der Waals surface area contributed by atoms with E-state index in [2.05, 4.69) is 10.6 Å². The highest BCUT2D eigenvalue weighted by atomic mass is 16.5. The zero-order valence-electron chi connectivity index (χ0n) is 16.3. The van der Waals surface area contributed by atoms with Crippen LogP contribution in [0.2, 0.25) is 0 Å². The van der Waals surface area contributed by atoms with Gasteiger partial charge >= 0.3 is 6.03 Å². The van der Waals surface area contributed by atoms with Crippen molar-refractivity contribution in [3.05, 3.63) is 60.2 Å². The minimum Gasteiger partial charge on any atom is -0.497 e. The van der Waals surface area contributed by atoms with Gasteiger partial charge in [-0.3, -0.25) is 9.59 Å². The lowest BCUT2D eigenvalue weighted by Crippen LogP contribution is -2.55. The summed E-state index contributed by atoms with van der Waals surface area (Å²) in [5, 5.41) is 5.57. The Morgan fingerprint density at radius 3 is 2.41 bits per heavy atom. The molecule has 0 aromatic heterocycles. The van der Waals surface area contributed by atoms with Crippen LogP contribution in [0.1, 0.15) is 5.56 Å². The highest BCUT2D eigenvalue weighted by molar-refractivity contribution is 5.94. The molecular weight excluding hydrogens is 372 g/mol. The molecule has 1 fully saturated rings. The van der Waals surface area contributed by atoms with Crippen LogP contribution < -0.4 is 15.4 Å². The summed E-state index contributed by atoms with van der Waals surface area (Å²) in [7, 11) is 1.60. The average molecular weight is 396 g/mol. The van der Waals surface area contributed by atoms with Crippen molar-refractivity contribution in [1.82, 2.24) is 15.1 Å². The first kappa shape index (κ1) is 20.2. The molecule has 29 heavy (non-hydrogen) atoms. The molecule has 0 spiro atoms. The molecule has 0 aliphatic carbocycles. The molecule has 1 aliphatic heterocycles. The smallest absolute Gasteiger partial charge is 0.322 e. The number of hydrogen-bond donors (Lipinski definition) is 2. The van der Waals surface area contributed by atoms with Crippen molar-refractivity contribution in [3.63, 3.8) is 0 Å². The van der Waals surface area contributed by atoms with Gasteiger partial charge in [0.15, 0.2) is 0 Å². The van der Waals surface area contributed by atoms with E-state index in [9.17, 15) is 14.4 Å². The summed E-state index contributed by atoms with van der Waals surface area (Å²) in [6, 6.07) is 16.1. The van der Waals surface area contributed by atoms with Crippen LogP contribution in [0.5, 0.6) is 5.75 Å². The molecule has 0 unspecified atom stereocenters. The molecule has 2 N–H and O–H groups in total. The Balaban J connectivity index is 1.43. The summed E-state index contributed by atoms with van der Waals surface area (Å²) in [6.45, 7) is 0.983. The fourth-order valence-corrected chi connectivity index (χ4v) is 2.95. The number of carbonyl (C=O) groups excluding carboxylic acids is 3. The van der Waals surface area contributed by atoms with Crippen LogP contribution in [0.4, 0.5) is 10.5 Å². The van der Waals surface area contributed by atoms with Crippen LogP contribution in [0.25, 0.3) is 0 Å². The van der Waals surface area contributed by atoms with Gasteiger partial charge in [-0.05, 0) is 29.8 Å². The van der Waals surface area contributed by atoms with Crippen molar-refractivity contribution in [2.45, 2.75) is 6.54 Å². The second kappa shape index (κ2) is 9.59. The molecule has 4 amide bonds. The number of benzene rings is 2. The molecule has 8 heteroatoms. The number of rotatable bonds is 6. The number of ether oxygens (including phenoxy) is 1. The van der Waals surface area contributed by atoms with Crippen molar-refractivity contribution in [3.8, 4) is 5.75 Å². The van der Waals surface area contributed by atoms with E-state index >= 15 is 0 Å². The summed E-state index contributed by atoms with van der Waals surface area (Å²) >= 11 is 0. The SMILES string of the molecule is COc1ccc(CNC(=O)CN2CCN(C(=O)Nc3ccccc3)CC2=O)cc1. The van der Waals surface area contributed by atoms with Crippen molar-refractivity contribution in [1.29, 1.82) is 0 Å². The number of nitrogens with one attached hydrogen (secondary N) is 2. The summed E-state index contributed by atoms with van der Waals surface area (Å²) in [5.74, 6) is 0.259. The summed E-state index contributed by atoms with van der Waals surface area (Å²) in [6.07, 6.45) is 0. The van der Waals surface area contributed by atoms with E-state index in [1.165, 1.54) is 9.80 Å². The second-order valence-electron chi connectivity index (χ2n) is 6.66. The van der Waals surface area contributed by atoms with Gasteiger partial charge in [0.2, 0.25) is 11.8 Å². The minimum atomic E-state index is -0.326. The number of piperazine rings is 1. The van der Waals surface area contributed by atoms with Gasteiger partial charge in [-0.15, -0.1) is 0 Å². The van der Waals surface area contributed by atoms with Gasteiger partial charge in [0.05, 0.1) is 13.7 Å². The van der Waals surface area contributed by atoms with Crippen molar-refractivity contribution in [2.24, 2.45) is 0 Å². The van der Waals surface area contributed by atoms with Crippen molar-refractivity contribution in [2.75, 3.05) is 38.6 Å². The average Bonchev–Trinajstić information content (AvgIpc) is 2.74. The Labute approximate surface area is 169 Å². The highest BCUT2D eigenvalue weighted by Crippen LogP contribution is 2.11. The Hall–Kier alpha value is -3.55. The van der Waals surface area contributed by atoms with Gasteiger partial charge in [-0.25, -0.2) is 4.79 Å². The van der Waals surface area contributed by atoms with Crippen LogP contribution in [0.3, 0.4) is 0 Å². The van der Waals surface area contributed by atoms with Gasteiger partial charge in [0.25, 0.3) is 0 Å². The molecule has 2 aromatic rings. The second-order valence-corrected chi connectivity index (χ2v) is 6.66. The van der Waals surface area contributed by atoms with E-state index in [1.54, 1.807) is 19.2 Å². The predicted octanol–water partition coefficient (Wildman–Crippen LogP) is 1.69. The zero-order chi connectivity index (χ0) is 20.6. The lowest BCUT2D eigenvalue weighted by Gasteiger charge is -2.33. The van der Waals surface area contributed by atoms with Crippen LogP contribution in [-0.4, -0.2) is 60.9 Å². The fourth-order valence-electron chi connectivity index (χ4n) is 2.95. The molecule has 0 bridgehead atoms. The summed E-state index contributed by atoms with van der Waals surface area (Å²) in [5.41, 5.74) is 1.61. The first-order chi connectivity index (χ1) is 14.0. The fraction of sp³-hybridized carbons (Fsp3) is 0.286. The number of para-hydroxylation sites is 1. The maximum absolute atomic E-state index is 12.4. The van der Waals surface area contributed by atoms with Crippen molar-refractivity contribution < 1.29 is 19.1 Å². The molecule has 0 radical (unpaired) electrons. The monoisotopic (exact) mass is 396 g/mol. The molecule has 1 aliphatic rings. The van der Waals surface area contributed by atoms with E-state index in [0.717, 1.165) is 11.3 Å². The molecule has 0 atom stereocenters. The predicted molar refractivity (Wildman–Crippen MR) is 108 cm³/mol. The number of amides is 4. The Bertz CT molecular complexity index is 855. The number of urea groups is 1. The number of nitrogens with zero attached hydrogens (tertiary/aromatic N) is 2. The minimum absolute atomic E-state index is 0.0247. The van der Waals surface area contributed by atoms with Crippen molar-refractivity contribution >= 4 is 23.5 Å². The van der Waals surface area contributed by atoms with Crippen LogP contribution in [-0.2, 0) is 16.1 Å². The molecule has 2 aromatic carbocycles. The lowest BCUT2D eigenvalue weighted by atomic mass is 10.2. The maximum atomic E-state index is 12.4. The number of anilines is 1. The van der Waals surface area contributed by atoms with Crippen LogP contribution in [0.15, 0.2) is 54.6 Å². The van der Waals surface area contributed by atoms with Gasteiger partial charge in [0, 0.05) is 25.3 Å². The zero-order valence-corrected chi connectivity index (χ0v) is 16.3. The maximum Gasteiger partial charge on any atom is 0.322 e. The largest absolute Gasteiger partial charge is 0.497 e. The molecule has 3 rings (SSSR count). The quantitative estimate of drug-likeness (QED) is 0.777. The topological polar surface area (TPSA) is 91.0 Å². The van der Waals surface area contributed by atoms with Crippen LogP contribution >= 0.6 is 0 Å². The van der Waals surface area contributed by atoms with E-state index in [4.69, 9.17) is 4.74 Å². The summed E-state index contributed by atoms with van der Waals surface area (Å²) < 4.78 is 5.10. The Morgan fingerprint density at radius 1 is 1.03 bits per heavy atom. The standard InChI is InChI=1S/C21H24N4O4/c1-29-18-9-7-16(8-10-18)13-22-19(26)14-24-11-12-25(15-20(24)27)21(28)23-17-5-3-2-4-6-17/h2-10H,11-15H2,1H3,(H,22,26)(H,23,28). The number of methoxy groups -OCH3 is 1. The normalized spacial score (nSPS) is 13.8. The Kier molecular flexibility index (Phi) is 6.67. The van der Waals surface area contributed by atoms with E-state index in [0.29, 0.717) is 25.3 Å². The first-order valence-electron chi connectivity index (χ1n) is 9.33.